The molecule has 0 saturated heterocycles. The lowest BCUT2D eigenvalue weighted by atomic mass is 10.1. The topological polar surface area (TPSA) is 60.3 Å². The van der Waals surface area contributed by atoms with Crippen LogP contribution in [0, 0.1) is 0 Å². The van der Waals surface area contributed by atoms with Crippen LogP contribution in [0.1, 0.15) is 27.1 Å². The van der Waals surface area contributed by atoms with Crippen molar-refractivity contribution in [3.8, 4) is 0 Å². The van der Waals surface area contributed by atoms with Gasteiger partial charge in [-0.25, -0.2) is 4.79 Å². The summed E-state index contributed by atoms with van der Waals surface area (Å²) in [5, 5.41) is 4.08. The monoisotopic (exact) mass is 336 g/mol. The number of methoxy groups -OCH3 is 1. The maximum absolute atomic E-state index is 12.3. The van der Waals surface area contributed by atoms with E-state index in [1.165, 1.54) is 18.0 Å². The normalized spacial score (nSPS) is 10.6. The molecule has 0 aliphatic rings. The Morgan fingerprint density at radius 2 is 1.72 bits per heavy atom. The number of carbonyl (C=O) groups excluding carboxylic acids is 2. The quantitative estimate of drug-likeness (QED) is 0.555. The molecule has 1 N–H and O–H groups in total. The molecule has 0 radical (unpaired) electrons. The van der Waals surface area contributed by atoms with E-state index in [1.807, 2.05) is 12.1 Å². The van der Waals surface area contributed by atoms with Crippen LogP contribution in [0.15, 0.2) is 60.8 Å². The summed E-state index contributed by atoms with van der Waals surface area (Å²) in [5.74, 6) is -0.775. The molecule has 0 aliphatic heterocycles. The van der Waals surface area contributed by atoms with Crippen LogP contribution < -0.4 is 5.32 Å². The Hall–Kier alpha value is -3.08. The average Bonchev–Trinajstić information content (AvgIpc) is 3.07. The lowest BCUT2D eigenvalue weighted by Crippen LogP contribution is -2.27. The van der Waals surface area contributed by atoms with Gasteiger partial charge >= 0.3 is 5.97 Å². The van der Waals surface area contributed by atoms with Crippen LogP contribution >= 0.6 is 0 Å². The highest BCUT2D eigenvalue weighted by atomic mass is 16.5. The number of benzene rings is 2. The smallest absolute Gasteiger partial charge is 0.338 e. The molecule has 0 saturated carbocycles. The number of nitrogens with one attached hydrogen (secondary N) is 1. The summed E-state index contributed by atoms with van der Waals surface area (Å²) in [5.41, 5.74) is 1.80. The van der Waals surface area contributed by atoms with Crippen LogP contribution in [0.3, 0.4) is 0 Å². The molecule has 5 nitrogen and oxygen atoms in total. The standard InChI is InChI=1S/C20H20N2O3/c1-25-20(24)17-9-4-3-8-16(17)19(23)21-12-6-13-22-14-11-15-7-2-5-10-18(15)22/h2-5,7-11,14H,6,12-13H2,1H3,(H,21,23). The Balaban J connectivity index is 1.58. The fourth-order valence-corrected chi connectivity index (χ4v) is 2.85. The van der Waals surface area contributed by atoms with Gasteiger partial charge in [0, 0.05) is 24.8 Å². The number of amides is 1. The Kier molecular flexibility index (Phi) is 5.14. The van der Waals surface area contributed by atoms with Crippen LogP contribution in [0.4, 0.5) is 0 Å². The Labute approximate surface area is 146 Å². The summed E-state index contributed by atoms with van der Waals surface area (Å²) in [6.07, 6.45) is 2.85. The molecule has 0 aliphatic carbocycles. The molecule has 1 aromatic heterocycles. The zero-order valence-corrected chi connectivity index (χ0v) is 14.1. The third-order valence-corrected chi connectivity index (χ3v) is 4.12. The van der Waals surface area contributed by atoms with Crippen molar-refractivity contribution in [3.63, 3.8) is 0 Å². The second kappa shape index (κ2) is 7.66. The number of esters is 1. The SMILES string of the molecule is COC(=O)c1ccccc1C(=O)NCCCn1ccc2ccccc21. The van der Waals surface area contributed by atoms with E-state index in [-0.39, 0.29) is 11.5 Å². The molecule has 2 aromatic carbocycles. The van der Waals surface area contributed by atoms with Crippen molar-refractivity contribution < 1.29 is 14.3 Å². The number of fused-ring (bicyclic) bond motifs is 1. The zero-order chi connectivity index (χ0) is 17.6. The minimum atomic E-state index is -0.510. The van der Waals surface area contributed by atoms with Crippen LogP contribution in [-0.4, -0.2) is 30.1 Å². The summed E-state index contributed by atoms with van der Waals surface area (Å²) in [7, 11) is 1.30. The molecule has 3 aromatic rings. The van der Waals surface area contributed by atoms with Gasteiger partial charge in [-0.3, -0.25) is 4.79 Å². The number of aromatic nitrogens is 1. The number of hydrogen-bond donors (Lipinski definition) is 1. The average molecular weight is 336 g/mol. The predicted octanol–water partition coefficient (Wildman–Crippen LogP) is 3.25. The number of hydrogen-bond acceptors (Lipinski definition) is 3. The van der Waals surface area contributed by atoms with E-state index in [0.717, 1.165) is 13.0 Å². The van der Waals surface area contributed by atoms with Gasteiger partial charge in [-0.1, -0.05) is 30.3 Å². The summed E-state index contributed by atoms with van der Waals surface area (Å²) < 4.78 is 6.89. The Morgan fingerprint density at radius 3 is 2.52 bits per heavy atom. The molecule has 3 rings (SSSR count). The molecule has 1 amide bonds. The predicted molar refractivity (Wildman–Crippen MR) is 96.7 cm³/mol. The van der Waals surface area contributed by atoms with E-state index >= 15 is 0 Å². The van der Waals surface area contributed by atoms with E-state index in [0.29, 0.717) is 12.1 Å². The molecule has 0 unspecified atom stereocenters. The van der Waals surface area contributed by atoms with Crippen molar-refractivity contribution in [3.05, 3.63) is 71.9 Å². The van der Waals surface area contributed by atoms with Crippen molar-refractivity contribution in [1.29, 1.82) is 0 Å². The lowest BCUT2D eigenvalue weighted by molar-refractivity contribution is 0.0596. The van der Waals surface area contributed by atoms with Crippen molar-refractivity contribution >= 4 is 22.8 Å². The molecule has 128 valence electrons. The number of ether oxygens (including phenoxy) is 1. The van der Waals surface area contributed by atoms with E-state index in [4.69, 9.17) is 4.74 Å². The minimum absolute atomic E-state index is 0.265. The largest absolute Gasteiger partial charge is 0.465 e. The summed E-state index contributed by atoms with van der Waals surface area (Å²) >= 11 is 0. The Bertz CT molecular complexity index is 899. The van der Waals surface area contributed by atoms with Gasteiger partial charge in [0.1, 0.15) is 0 Å². The number of para-hydroxylation sites is 1. The van der Waals surface area contributed by atoms with Gasteiger partial charge in [-0.2, -0.15) is 0 Å². The lowest BCUT2D eigenvalue weighted by Gasteiger charge is -2.09. The molecule has 0 bridgehead atoms. The van der Waals surface area contributed by atoms with Crippen molar-refractivity contribution in [2.75, 3.05) is 13.7 Å². The fraction of sp³-hybridized carbons (Fsp3) is 0.200. The van der Waals surface area contributed by atoms with Gasteiger partial charge < -0.3 is 14.6 Å². The first kappa shape index (κ1) is 16.8. The van der Waals surface area contributed by atoms with Crippen LogP contribution in [0.2, 0.25) is 0 Å². The Morgan fingerprint density at radius 1 is 1.00 bits per heavy atom. The molecule has 0 atom stereocenters. The molecule has 1 heterocycles. The van der Waals surface area contributed by atoms with Crippen molar-refractivity contribution in [2.45, 2.75) is 13.0 Å². The van der Waals surface area contributed by atoms with Crippen LogP contribution in [0.5, 0.6) is 0 Å². The van der Waals surface area contributed by atoms with Gasteiger partial charge in [-0.05, 0) is 36.1 Å². The summed E-state index contributed by atoms with van der Waals surface area (Å²) in [6, 6.07) is 16.9. The number of rotatable bonds is 6. The molecule has 0 spiro atoms. The van der Waals surface area contributed by atoms with E-state index in [2.05, 4.69) is 34.3 Å². The second-order valence-corrected chi connectivity index (χ2v) is 5.71. The zero-order valence-electron chi connectivity index (χ0n) is 14.1. The highest BCUT2D eigenvalue weighted by Crippen LogP contribution is 2.15. The number of nitrogens with zero attached hydrogens (tertiary/aromatic N) is 1. The van der Waals surface area contributed by atoms with Gasteiger partial charge in [0.2, 0.25) is 0 Å². The first-order valence-corrected chi connectivity index (χ1v) is 8.20. The molecule has 5 heteroatoms. The highest BCUT2D eigenvalue weighted by Gasteiger charge is 2.16. The molecule has 25 heavy (non-hydrogen) atoms. The number of carbonyl (C=O) groups is 2. The third-order valence-electron chi connectivity index (χ3n) is 4.12. The second-order valence-electron chi connectivity index (χ2n) is 5.71. The maximum atomic E-state index is 12.3. The third kappa shape index (κ3) is 3.71. The van der Waals surface area contributed by atoms with Gasteiger partial charge in [0.05, 0.1) is 18.2 Å². The number of aryl methyl sites for hydroxylation is 1. The highest BCUT2D eigenvalue weighted by molar-refractivity contribution is 6.05. The van der Waals surface area contributed by atoms with Gasteiger partial charge in [-0.15, -0.1) is 0 Å². The van der Waals surface area contributed by atoms with E-state index in [1.54, 1.807) is 24.3 Å². The first-order chi connectivity index (χ1) is 12.2. The fourth-order valence-electron chi connectivity index (χ4n) is 2.85. The molecular weight excluding hydrogens is 316 g/mol. The van der Waals surface area contributed by atoms with Gasteiger partial charge in [0.25, 0.3) is 5.91 Å². The molecular formula is C20H20N2O3. The van der Waals surface area contributed by atoms with E-state index < -0.39 is 5.97 Å². The van der Waals surface area contributed by atoms with Crippen LogP contribution in [-0.2, 0) is 11.3 Å². The summed E-state index contributed by atoms with van der Waals surface area (Å²) in [4.78, 5) is 24.1. The van der Waals surface area contributed by atoms with Gasteiger partial charge in [0.15, 0.2) is 0 Å². The summed E-state index contributed by atoms with van der Waals surface area (Å²) in [6.45, 7) is 1.34. The van der Waals surface area contributed by atoms with E-state index in [9.17, 15) is 9.59 Å². The maximum Gasteiger partial charge on any atom is 0.338 e. The first-order valence-electron chi connectivity index (χ1n) is 8.20. The van der Waals surface area contributed by atoms with Crippen LogP contribution in [0.25, 0.3) is 10.9 Å². The van der Waals surface area contributed by atoms with Crippen molar-refractivity contribution in [1.82, 2.24) is 9.88 Å². The minimum Gasteiger partial charge on any atom is -0.465 e. The van der Waals surface area contributed by atoms with Crippen molar-refractivity contribution in [2.24, 2.45) is 0 Å². The molecule has 0 fully saturated rings.